The van der Waals surface area contributed by atoms with Gasteiger partial charge in [-0.05, 0) is 37.6 Å². The van der Waals surface area contributed by atoms with Gasteiger partial charge in [0.2, 0.25) is 0 Å². The van der Waals surface area contributed by atoms with Crippen LogP contribution < -0.4 is 16.8 Å². The third kappa shape index (κ3) is 4.31. The number of nitrogens with two attached hydrogens (primary N) is 2. The summed E-state index contributed by atoms with van der Waals surface area (Å²) in [6, 6.07) is 6.97. The second kappa shape index (κ2) is 6.85. The molecule has 0 fully saturated rings. The topological polar surface area (TPSA) is 81.1 Å². The van der Waals surface area contributed by atoms with Crippen molar-refractivity contribution in [1.82, 2.24) is 5.32 Å². The first-order valence-corrected chi connectivity index (χ1v) is 5.58. The highest BCUT2D eigenvalue weighted by molar-refractivity contribution is 5.94. The van der Waals surface area contributed by atoms with Gasteiger partial charge in [0, 0.05) is 17.8 Å². The number of hydrogen-bond donors (Lipinski definition) is 3. The predicted molar refractivity (Wildman–Crippen MR) is 66.1 cm³/mol. The minimum Gasteiger partial charge on any atom is -0.399 e. The van der Waals surface area contributed by atoms with Crippen LogP contribution in [0.25, 0.3) is 0 Å². The zero-order chi connectivity index (χ0) is 11.8. The van der Waals surface area contributed by atoms with Gasteiger partial charge in [-0.15, -0.1) is 0 Å². The van der Waals surface area contributed by atoms with Gasteiger partial charge in [-0.3, -0.25) is 4.79 Å². The van der Waals surface area contributed by atoms with Crippen LogP contribution in [0.1, 0.15) is 29.6 Å². The molecule has 0 heterocycles. The molecule has 0 atom stereocenters. The van der Waals surface area contributed by atoms with Crippen molar-refractivity contribution >= 4 is 11.6 Å². The number of anilines is 1. The van der Waals surface area contributed by atoms with Crippen molar-refractivity contribution in [2.75, 3.05) is 18.8 Å². The Hall–Kier alpha value is -1.55. The Balaban J connectivity index is 2.30. The van der Waals surface area contributed by atoms with E-state index in [2.05, 4.69) is 5.32 Å². The van der Waals surface area contributed by atoms with Crippen LogP contribution in [0.3, 0.4) is 0 Å². The zero-order valence-electron chi connectivity index (χ0n) is 9.41. The highest BCUT2D eigenvalue weighted by atomic mass is 16.1. The Morgan fingerprint density at radius 3 is 2.75 bits per heavy atom. The van der Waals surface area contributed by atoms with E-state index in [1.54, 1.807) is 24.3 Å². The number of nitrogen functional groups attached to an aromatic ring is 1. The van der Waals surface area contributed by atoms with Gasteiger partial charge in [-0.1, -0.05) is 12.5 Å². The molecular weight excluding hydrogens is 202 g/mol. The molecule has 1 rings (SSSR count). The molecule has 0 saturated carbocycles. The number of carbonyl (C=O) groups excluding carboxylic acids is 1. The molecule has 0 aliphatic carbocycles. The first kappa shape index (κ1) is 12.5. The molecule has 0 aliphatic rings. The van der Waals surface area contributed by atoms with Crippen LogP contribution in [0.2, 0.25) is 0 Å². The summed E-state index contributed by atoms with van der Waals surface area (Å²) in [7, 11) is 0. The van der Waals surface area contributed by atoms with Crippen LogP contribution in [0.15, 0.2) is 24.3 Å². The van der Waals surface area contributed by atoms with E-state index < -0.39 is 0 Å². The molecule has 0 radical (unpaired) electrons. The van der Waals surface area contributed by atoms with E-state index in [0.29, 0.717) is 24.3 Å². The quantitative estimate of drug-likeness (QED) is 0.497. The van der Waals surface area contributed by atoms with E-state index >= 15 is 0 Å². The van der Waals surface area contributed by atoms with Crippen molar-refractivity contribution in [2.45, 2.75) is 19.3 Å². The number of carbonyl (C=O) groups is 1. The first-order valence-electron chi connectivity index (χ1n) is 5.58. The second-order valence-corrected chi connectivity index (χ2v) is 3.73. The highest BCUT2D eigenvalue weighted by Gasteiger charge is 2.03. The van der Waals surface area contributed by atoms with Gasteiger partial charge in [0.05, 0.1) is 0 Å². The Labute approximate surface area is 96.0 Å². The third-order valence-electron chi connectivity index (χ3n) is 2.32. The minimum absolute atomic E-state index is 0.0694. The normalized spacial score (nSPS) is 10.1. The molecule has 1 amide bonds. The lowest BCUT2D eigenvalue weighted by molar-refractivity contribution is 0.0953. The predicted octanol–water partition coefficient (Wildman–Crippen LogP) is 1.13. The lowest BCUT2D eigenvalue weighted by Gasteiger charge is -2.05. The molecule has 0 spiro atoms. The van der Waals surface area contributed by atoms with Crippen molar-refractivity contribution < 1.29 is 4.79 Å². The average Bonchev–Trinajstić information content (AvgIpc) is 2.28. The summed E-state index contributed by atoms with van der Waals surface area (Å²) in [6.07, 6.45) is 3.02. The molecule has 88 valence electrons. The Morgan fingerprint density at radius 1 is 1.25 bits per heavy atom. The van der Waals surface area contributed by atoms with E-state index in [0.717, 1.165) is 19.3 Å². The second-order valence-electron chi connectivity index (χ2n) is 3.73. The standard InChI is InChI=1S/C12H19N3O/c13-7-2-1-3-8-15-12(16)10-5-4-6-11(14)9-10/h4-6,9H,1-3,7-8,13-14H2,(H,15,16). The summed E-state index contributed by atoms with van der Waals surface area (Å²) in [5.41, 5.74) is 12.2. The summed E-state index contributed by atoms with van der Waals surface area (Å²) in [6.45, 7) is 1.40. The van der Waals surface area contributed by atoms with Crippen LogP contribution in [0, 0.1) is 0 Å². The van der Waals surface area contributed by atoms with Crippen LogP contribution in [0.5, 0.6) is 0 Å². The van der Waals surface area contributed by atoms with E-state index in [1.165, 1.54) is 0 Å². The number of amides is 1. The van der Waals surface area contributed by atoms with Gasteiger partial charge >= 0.3 is 0 Å². The summed E-state index contributed by atoms with van der Waals surface area (Å²) < 4.78 is 0. The van der Waals surface area contributed by atoms with Crippen molar-refractivity contribution in [3.63, 3.8) is 0 Å². The van der Waals surface area contributed by atoms with Crippen molar-refractivity contribution in [3.05, 3.63) is 29.8 Å². The molecule has 0 unspecified atom stereocenters. The summed E-state index contributed by atoms with van der Waals surface area (Å²) >= 11 is 0. The summed E-state index contributed by atoms with van der Waals surface area (Å²) in [5.74, 6) is -0.0694. The van der Waals surface area contributed by atoms with Gasteiger partial charge in [-0.2, -0.15) is 0 Å². The summed E-state index contributed by atoms with van der Waals surface area (Å²) in [4.78, 5) is 11.6. The number of benzene rings is 1. The smallest absolute Gasteiger partial charge is 0.251 e. The monoisotopic (exact) mass is 221 g/mol. The number of rotatable bonds is 6. The van der Waals surface area contributed by atoms with E-state index in [4.69, 9.17) is 11.5 Å². The first-order chi connectivity index (χ1) is 7.74. The molecule has 1 aromatic carbocycles. The fraction of sp³-hybridized carbons (Fsp3) is 0.417. The molecule has 0 aromatic heterocycles. The van der Waals surface area contributed by atoms with Gasteiger partial charge in [-0.25, -0.2) is 0 Å². The zero-order valence-corrected chi connectivity index (χ0v) is 9.41. The molecule has 0 aliphatic heterocycles. The van der Waals surface area contributed by atoms with Crippen molar-refractivity contribution in [2.24, 2.45) is 5.73 Å². The number of nitrogens with one attached hydrogen (secondary N) is 1. The van der Waals surface area contributed by atoms with Crippen LogP contribution in [0.4, 0.5) is 5.69 Å². The fourth-order valence-corrected chi connectivity index (χ4v) is 1.43. The maximum Gasteiger partial charge on any atom is 0.251 e. The minimum atomic E-state index is -0.0694. The van der Waals surface area contributed by atoms with Gasteiger partial charge < -0.3 is 16.8 Å². The molecule has 1 aromatic rings. The molecule has 4 nitrogen and oxygen atoms in total. The highest BCUT2D eigenvalue weighted by Crippen LogP contribution is 2.06. The molecule has 0 saturated heterocycles. The van der Waals surface area contributed by atoms with Gasteiger partial charge in [0.25, 0.3) is 5.91 Å². The number of unbranched alkanes of at least 4 members (excludes halogenated alkanes) is 2. The SMILES string of the molecule is NCCCCCNC(=O)c1cccc(N)c1. The molecular formula is C12H19N3O. The van der Waals surface area contributed by atoms with Crippen LogP contribution >= 0.6 is 0 Å². The van der Waals surface area contributed by atoms with Gasteiger partial charge in [0.1, 0.15) is 0 Å². The number of hydrogen-bond acceptors (Lipinski definition) is 3. The van der Waals surface area contributed by atoms with Crippen molar-refractivity contribution in [1.29, 1.82) is 0 Å². The third-order valence-corrected chi connectivity index (χ3v) is 2.32. The molecule has 5 N–H and O–H groups in total. The van der Waals surface area contributed by atoms with E-state index in [1.807, 2.05) is 0 Å². The van der Waals surface area contributed by atoms with Crippen LogP contribution in [-0.4, -0.2) is 19.0 Å². The maximum atomic E-state index is 11.6. The maximum absolute atomic E-state index is 11.6. The van der Waals surface area contributed by atoms with Gasteiger partial charge in [0.15, 0.2) is 0 Å². The van der Waals surface area contributed by atoms with E-state index in [-0.39, 0.29) is 5.91 Å². The molecule has 16 heavy (non-hydrogen) atoms. The van der Waals surface area contributed by atoms with Crippen LogP contribution in [-0.2, 0) is 0 Å². The summed E-state index contributed by atoms with van der Waals surface area (Å²) in [5, 5.41) is 2.85. The Bertz CT molecular complexity index is 339. The fourth-order valence-electron chi connectivity index (χ4n) is 1.43. The molecule has 4 heteroatoms. The Kier molecular flexibility index (Phi) is 5.36. The average molecular weight is 221 g/mol. The lowest BCUT2D eigenvalue weighted by Crippen LogP contribution is -2.24. The van der Waals surface area contributed by atoms with E-state index in [9.17, 15) is 4.79 Å². The largest absolute Gasteiger partial charge is 0.399 e. The Morgan fingerprint density at radius 2 is 2.06 bits per heavy atom. The van der Waals surface area contributed by atoms with Crippen molar-refractivity contribution in [3.8, 4) is 0 Å². The lowest BCUT2D eigenvalue weighted by atomic mass is 10.2. The molecule has 0 bridgehead atoms.